The average Bonchev–Trinajstić information content (AvgIpc) is 2.50. The molecule has 1 saturated carbocycles. The van der Waals surface area contributed by atoms with Gasteiger partial charge in [-0.05, 0) is 37.5 Å². The molecular formula is C15H23N3O. The van der Waals surface area contributed by atoms with Gasteiger partial charge in [-0.15, -0.1) is 0 Å². The van der Waals surface area contributed by atoms with Gasteiger partial charge in [-0.2, -0.15) is 10.4 Å². The minimum Gasteiger partial charge on any atom is -0.474 e. The fraction of sp³-hybridized carbons (Fsp3) is 0.733. The fourth-order valence-electron chi connectivity index (χ4n) is 3.41. The minimum atomic E-state index is 0.181. The van der Waals surface area contributed by atoms with Gasteiger partial charge in [0.05, 0.1) is 5.69 Å². The molecule has 0 aliphatic heterocycles. The number of rotatable bonds is 2. The van der Waals surface area contributed by atoms with Crippen LogP contribution < -0.4 is 4.74 Å². The maximum absolute atomic E-state index is 9.21. The second-order valence-corrected chi connectivity index (χ2v) is 6.65. The van der Waals surface area contributed by atoms with Crippen molar-refractivity contribution in [2.75, 3.05) is 0 Å². The molecule has 1 aliphatic carbocycles. The highest BCUT2D eigenvalue weighted by molar-refractivity contribution is 5.42. The molecule has 1 aromatic heterocycles. The van der Waals surface area contributed by atoms with Crippen LogP contribution in [0.2, 0.25) is 0 Å². The van der Waals surface area contributed by atoms with Crippen molar-refractivity contribution < 1.29 is 4.74 Å². The van der Waals surface area contributed by atoms with Crippen LogP contribution in [-0.4, -0.2) is 15.9 Å². The molecule has 1 aromatic rings. The third-order valence-corrected chi connectivity index (χ3v) is 3.91. The maximum Gasteiger partial charge on any atom is 0.230 e. The van der Waals surface area contributed by atoms with Crippen molar-refractivity contribution in [3.8, 4) is 11.9 Å². The molecule has 2 rings (SSSR count). The van der Waals surface area contributed by atoms with E-state index in [0.717, 1.165) is 18.5 Å². The summed E-state index contributed by atoms with van der Waals surface area (Å²) in [6.45, 7) is 8.70. The molecule has 0 amide bonds. The number of aryl methyl sites for hydroxylation is 2. The smallest absolute Gasteiger partial charge is 0.230 e. The Labute approximate surface area is 115 Å². The Hall–Kier alpha value is -1.50. The van der Waals surface area contributed by atoms with Crippen molar-refractivity contribution in [3.63, 3.8) is 0 Å². The fourth-order valence-corrected chi connectivity index (χ4v) is 3.41. The first-order chi connectivity index (χ1) is 8.82. The van der Waals surface area contributed by atoms with Crippen LogP contribution in [0.5, 0.6) is 5.88 Å². The van der Waals surface area contributed by atoms with E-state index >= 15 is 0 Å². The molecule has 0 radical (unpaired) electrons. The van der Waals surface area contributed by atoms with Crippen LogP contribution >= 0.6 is 0 Å². The lowest BCUT2D eigenvalue weighted by Crippen LogP contribution is -2.34. The van der Waals surface area contributed by atoms with Crippen molar-refractivity contribution >= 4 is 0 Å². The molecular weight excluding hydrogens is 238 g/mol. The zero-order valence-corrected chi connectivity index (χ0v) is 12.5. The van der Waals surface area contributed by atoms with E-state index in [-0.39, 0.29) is 6.10 Å². The molecule has 2 atom stereocenters. The first-order valence-corrected chi connectivity index (χ1v) is 6.93. The van der Waals surface area contributed by atoms with Gasteiger partial charge >= 0.3 is 0 Å². The summed E-state index contributed by atoms with van der Waals surface area (Å²) in [5.74, 6) is 1.28. The highest BCUT2D eigenvalue weighted by atomic mass is 16.5. The van der Waals surface area contributed by atoms with E-state index in [2.05, 4.69) is 31.9 Å². The molecule has 19 heavy (non-hydrogen) atoms. The largest absolute Gasteiger partial charge is 0.474 e. The number of ether oxygens (including phenoxy) is 1. The SMILES string of the molecule is Cc1nn(C)c(OC2CC(C)CC(C)(C)C2)c1C#N. The molecule has 1 aliphatic rings. The van der Waals surface area contributed by atoms with Crippen molar-refractivity contribution in [2.24, 2.45) is 18.4 Å². The molecule has 1 fully saturated rings. The molecule has 0 spiro atoms. The zero-order valence-electron chi connectivity index (χ0n) is 12.5. The Bertz CT molecular complexity index is 510. The number of hydrogen-bond donors (Lipinski definition) is 0. The molecule has 0 N–H and O–H groups in total. The summed E-state index contributed by atoms with van der Waals surface area (Å²) < 4.78 is 7.79. The predicted molar refractivity (Wildman–Crippen MR) is 73.9 cm³/mol. The lowest BCUT2D eigenvalue weighted by Gasteiger charge is -2.38. The first-order valence-electron chi connectivity index (χ1n) is 6.93. The Balaban J connectivity index is 2.20. The van der Waals surface area contributed by atoms with Gasteiger partial charge in [0.15, 0.2) is 0 Å². The van der Waals surface area contributed by atoms with Crippen molar-refractivity contribution in [3.05, 3.63) is 11.3 Å². The number of aromatic nitrogens is 2. The van der Waals surface area contributed by atoms with Crippen LogP contribution in [0, 0.1) is 29.6 Å². The van der Waals surface area contributed by atoms with E-state index in [1.54, 1.807) is 4.68 Å². The van der Waals surface area contributed by atoms with Crippen LogP contribution in [0.4, 0.5) is 0 Å². The summed E-state index contributed by atoms with van der Waals surface area (Å²) in [5.41, 5.74) is 1.62. The summed E-state index contributed by atoms with van der Waals surface area (Å²) in [5, 5.41) is 13.5. The van der Waals surface area contributed by atoms with Gasteiger partial charge < -0.3 is 4.74 Å². The lowest BCUT2D eigenvalue weighted by atomic mass is 9.71. The quantitative estimate of drug-likeness (QED) is 0.821. The zero-order chi connectivity index (χ0) is 14.2. The predicted octanol–water partition coefficient (Wildman–Crippen LogP) is 3.19. The topological polar surface area (TPSA) is 50.8 Å². The van der Waals surface area contributed by atoms with Gasteiger partial charge in [0.1, 0.15) is 17.7 Å². The molecule has 2 unspecified atom stereocenters. The first kappa shape index (κ1) is 13.9. The Morgan fingerprint density at radius 1 is 1.42 bits per heavy atom. The van der Waals surface area contributed by atoms with Crippen LogP contribution in [0.1, 0.15) is 51.3 Å². The highest BCUT2D eigenvalue weighted by Gasteiger charge is 2.34. The second-order valence-electron chi connectivity index (χ2n) is 6.65. The Morgan fingerprint density at radius 3 is 2.68 bits per heavy atom. The van der Waals surface area contributed by atoms with E-state index in [1.165, 1.54) is 6.42 Å². The summed E-state index contributed by atoms with van der Waals surface area (Å²) in [4.78, 5) is 0. The molecule has 1 heterocycles. The van der Waals surface area contributed by atoms with Crippen LogP contribution in [0.25, 0.3) is 0 Å². The van der Waals surface area contributed by atoms with Crippen molar-refractivity contribution in [1.29, 1.82) is 5.26 Å². The summed E-state index contributed by atoms with van der Waals surface area (Å²) >= 11 is 0. The second kappa shape index (κ2) is 4.88. The highest BCUT2D eigenvalue weighted by Crippen LogP contribution is 2.40. The van der Waals surface area contributed by atoms with Crippen LogP contribution in [0.3, 0.4) is 0 Å². The third kappa shape index (κ3) is 2.91. The summed E-state index contributed by atoms with van der Waals surface area (Å²) in [7, 11) is 1.83. The van der Waals surface area contributed by atoms with Gasteiger partial charge in [-0.1, -0.05) is 20.8 Å². The van der Waals surface area contributed by atoms with E-state index in [0.29, 0.717) is 22.8 Å². The van der Waals surface area contributed by atoms with Crippen molar-refractivity contribution in [1.82, 2.24) is 9.78 Å². The van der Waals surface area contributed by atoms with Crippen molar-refractivity contribution in [2.45, 2.75) is 53.1 Å². The molecule has 0 aromatic carbocycles. The molecule has 4 nitrogen and oxygen atoms in total. The van der Waals surface area contributed by atoms with E-state index in [9.17, 15) is 5.26 Å². The standard InChI is InChI=1S/C15H23N3O/c1-10-6-12(8-15(3,4)7-10)19-14-13(9-16)11(2)17-18(14)5/h10,12H,6-8H2,1-5H3. The van der Waals surface area contributed by atoms with Crippen LogP contribution in [0.15, 0.2) is 0 Å². The molecule has 0 bridgehead atoms. The van der Waals surface area contributed by atoms with Gasteiger partial charge in [0.25, 0.3) is 0 Å². The van der Waals surface area contributed by atoms with Gasteiger partial charge in [-0.25, -0.2) is 4.68 Å². The third-order valence-electron chi connectivity index (χ3n) is 3.91. The maximum atomic E-state index is 9.21. The van der Waals surface area contributed by atoms with Crippen LogP contribution in [-0.2, 0) is 7.05 Å². The molecule has 104 valence electrons. The molecule has 4 heteroatoms. The average molecular weight is 261 g/mol. The normalized spacial score (nSPS) is 25.9. The number of hydrogen-bond acceptors (Lipinski definition) is 3. The van der Waals surface area contributed by atoms with Gasteiger partial charge in [0.2, 0.25) is 5.88 Å². The number of nitrogens with zero attached hydrogens (tertiary/aromatic N) is 3. The Kier molecular flexibility index (Phi) is 3.58. The Morgan fingerprint density at radius 2 is 2.11 bits per heavy atom. The van der Waals surface area contributed by atoms with Gasteiger partial charge in [0, 0.05) is 7.05 Å². The van der Waals surface area contributed by atoms with E-state index < -0.39 is 0 Å². The lowest BCUT2D eigenvalue weighted by molar-refractivity contribution is 0.0502. The number of nitriles is 1. The summed E-state index contributed by atoms with van der Waals surface area (Å²) in [6, 6.07) is 2.20. The monoisotopic (exact) mass is 261 g/mol. The molecule has 0 saturated heterocycles. The van der Waals surface area contributed by atoms with E-state index in [4.69, 9.17) is 4.74 Å². The van der Waals surface area contributed by atoms with E-state index in [1.807, 2.05) is 14.0 Å². The minimum absolute atomic E-state index is 0.181. The van der Waals surface area contributed by atoms with Gasteiger partial charge in [-0.3, -0.25) is 0 Å². The summed E-state index contributed by atoms with van der Waals surface area (Å²) in [6.07, 6.45) is 3.51.